The Morgan fingerprint density at radius 1 is 1.47 bits per heavy atom. The highest BCUT2D eigenvalue weighted by Gasteiger charge is 2.38. The number of hydrogen-bond acceptors (Lipinski definition) is 1. The first-order valence-electron chi connectivity index (χ1n) is 5.92. The van der Waals surface area contributed by atoms with E-state index < -0.39 is 11.4 Å². The largest absolute Gasteiger partial charge is 0.481 e. The Hall–Kier alpha value is -1.38. The Labute approximate surface area is 100 Å². The molecule has 0 amide bonds. The van der Waals surface area contributed by atoms with Crippen LogP contribution in [-0.4, -0.2) is 11.1 Å². The van der Waals surface area contributed by atoms with Gasteiger partial charge in [-0.3, -0.25) is 4.79 Å². The van der Waals surface area contributed by atoms with Gasteiger partial charge in [-0.05, 0) is 56.2 Å². The van der Waals surface area contributed by atoms with Gasteiger partial charge in [0.2, 0.25) is 0 Å². The van der Waals surface area contributed by atoms with E-state index in [0.717, 1.165) is 18.4 Å². The van der Waals surface area contributed by atoms with Gasteiger partial charge in [0.25, 0.3) is 0 Å². The van der Waals surface area contributed by atoms with Crippen LogP contribution in [0.25, 0.3) is 0 Å². The molecule has 3 heteroatoms. The van der Waals surface area contributed by atoms with Crippen LogP contribution in [0.1, 0.15) is 31.4 Å². The van der Waals surface area contributed by atoms with Crippen LogP contribution in [-0.2, 0) is 17.6 Å². The molecule has 0 aliphatic heterocycles. The summed E-state index contributed by atoms with van der Waals surface area (Å²) in [5.41, 5.74) is 0.945. The van der Waals surface area contributed by atoms with Crippen molar-refractivity contribution in [2.45, 2.75) is 33.1 Å². The molecule has 2 nitrogen and oxygen atoms in total. The van der Waals surface area contributed by atoms with Crippen LogP contribution in [0.3, 0.4) is 0 Å². The summed E-state index contributed by atoms with van der Waals surface area (Å²) in [5, 5.41) is 9.22. The van der Waals surface area contributed by atoms with E-state index in [1.54, 1.807) is 19.9 Å². The summed E-state index contributed by atoms with van der Waals surface area (Å²) in [6.07, 6.45) is 2.12. The molecule has 1 aromatic carbocycles. The van der Waals surface area contributed by atoms with Gasteiger partial charge in [0.15, 0.2) is 0 Å². The molecule has 1 aliphatic carbocycles. The van der Waals surface area contributed by atoms with Crippen LogP contribution in [0.4, 0.5) is 4.39 Å². The lowest BCUT2D eigenvalue weighted by molar-refractivity contribution is -0.150. The number of carbonyl (C=O) groups is 1. The number of hydrogen-bond donors (Lipinski definition) is 1. The zero-order valence-corrected chi connectivity index (χ0v) is 10.2. The lowest BCUT2D eigenvalue weighted by atomic mass is 9.69. The molecule has 0 bridgehead atoms. The van der Waals surface area contributed by atoms with E-state index in [1.807, 2.05) is 6.07 Å². The van der Waals surface area contributed by atoms with Crippen molar-refractivity contribution in [3.63, 3.8) is 0 Å². The molecule has 1 aromatic rings. The summed E-state index contributed by atoms with van der Waals surface area (Å²) in [6.45, 7) is 3.46. The number of carboxylic acid groups (broad SMARTS) is 1. The van der Waals surface area contributed by atoms with E-state index in [2.05, 4.69) is 0 Å². The van der Waals surface area contributed by atoms with Crippen molar-refractivity contribution in [2.75, 3.05) is 0 Å². The Morgan fingerprint density at radius 2 is 2.18 bits per heavy atom. The Balaban J connectivity index is 2.30. The van der Waals surface area contributed by atoms with Crippen LogP contribution >= 0.6 is 0 Å². The zero-order chi connectivity index (χ0) is 12.6. The zero-order valence-electron chi connectivity index (χ0n) is 10.2. The Bertz CT molecular complexity index is 452. The fourth-order valence-corrected chi connectivity index (χ4v) is 2.53. The second-order valence-electron chi connectivity index (χ2n) is 5.34. The van der Waals surface area contributed by atoms with Gasteiger partial charge in [0, 0.05) is 0 Å². The van der Waals surface area contributed by atoms with Crippen LogP contribution in [0.5, 0.6) is 0 Å². The maximum Gasteiger partial charge on any atom is 0.309 e. The molecule has 92 valence electrons. The second kappa shape index (κ2) is 4.13. The van der Waals surface area contributed by atoms with Gasteiger partial charge in [-0.1, -0.05) is 12.1 Å². The molecule has 0 fully saturated rings. The molecule has 0 heterocycles. The summed E-state index contributed by atoms with van der Waals surface area (Å²) in [6, 6.07) is 5.11. The van der Waals surface area contributed by atoms with Gasteiger partial charge < -0.3 is 5.11 Å². The maximum atomic E-state index is 13.7. The standard InChI is InChI=1S/C14H17FO2/c1-14(2,13(16)17)10-7-6-9-4-3-5-12(15)11(9)8-10/h3-5,10H,6-8H2,1-2H3,(H,16,17). The van der Waals surface area contributed by atoms with Gasteiger partial charge in [-0.2, -0.15) is 0 Å². The normalized spacial score (nSPS) is 19.8. The monoisotopic (exact) mass is 236 g/mol. The summed E-state index contributed by atoms with van der Waals surface area (Å²) in [4.78, 5) is 11.2. The second-order valence-corrected chi connectivity index (χ2v) is 5.34. The van der Waals surface area contributed by atoms with E-state index in [0.29, 0.717) is 12.0 Å². The summed E-state index contributed by atoms with van der Waals surface area (Å²) in [7, 11) is 0. The molecular formula is C14H17FO2. The highest BCUT2D eigenvalue weighted by molar-refractivity contribution is 5.74. The minimum atomic E-state index is -0.803. The van der Waals surface area contributed by atoms with Crippen LogP contribution < -0.4 is 0 Å². The molecular weight excluding hydrogens is 219 g/mol. The average Bonchev–Trinajstić information content (AvgIpc) is 2.29. The molecule has 2 rings (SSSR count). The Morgan fingerprint density at radius 3 is 2.82 bits per heavy atom. The molecule has 0 saturated carbocycles. The summed E-state index contributed by atoms with van der Waals surface area (Å²) >= 11 is 0. The van der Waals surface area contributed by atoms with Gasteiger partial charge in [0.05, 0.1) is 5.41 Å². The van der Waals surface area contributed by atoms with Crippen molar-refractivity contribution in [3.8, 4) is 0 Å². The highest BCUT2D eigenvalue weighted by Crippen LogP contribution is 2.38. The molecule has 0 aromatic heterocycles. The molecule has 0 spiro atoms. The Kier molecular flexibility index (Phi) is 2.94. The minimum Gasteiger partial charge on any atom is -0.481 e. The fourth-order valence-electron chi connectivity index (χ4n) is 2.53. The van der Waals surface area contributed by atoms with Crippen molar-refractivity contribution in [3.05, 3.63) is 35.1 Å². The van der Waals surface area contributed by atoms with E-state index in [4.69, 9.17) is 0 Å². The molecule has 1 N–H and O–H groups in total. The number of halogens is 1. The summed E-state index contributed by atoms with van der Waals surface area (Å²) in [5.74, 6) is -1.000. The maximum absolute atomic E-state index is 13.7. The first-order valence-corrected chi connectivity index (χ1v) is 5.92. The van der Waals surface area contributed by atoms with Gasteiger partial charge in [-0.15, -0.1) is 0 Å². The van der Waals surface area contributed by atoms with Crippen molar-refractivity contribution >= 4 is 5.97 Å². The van der Waals surface area contributed by atoms with Gasteiger partial charge >= 0.3 is 5.97 Å². The molecule has 1 unspecified atom stereocenters. The van der Waals surface area contributed by atoms with Crippen LogP contribution in [0.2, 0.25) is 0 Å². The third-order valence-corrected chi connectivity index (χ3v) is 4.00. The first-order chi connectivity index (χ1) is 7.93. The topological polar surface area (TPSA) is 37.3 Å². The van der Waals surface area contributed by atoms with Gasteiger partial charge in [0.1, 0.15) is 5.82 Å². The minimum absolute atomic E-state index is 0.00407. The molecule has 17 heavy (non-hydrogen) atoms. The highest BCUT2D eigenvalue weighted by atomic mass is 19.1. The lowest BCUT2D eigenvalue weighted by Crippen LogP contribution is -2.36. The third kappa shape index (κ3) is 2.06. The van der Waals surface area contributed by atoms with E-state index in [9.17, 15) is 14.3 Å². The number of aliphatic carboxylic acids is 1. The van der Waals surface area contributed by atoms with Crippen molar-refractivity contribution in [1.29, 1.82) is 0 Å². The predicted octanol–water partition coefficient (Wildman–Crippen LogP) is 3.04. The first kappa shape index (κ1) is 12.1. The smallest absolute Gasteiger partial charge is 0.309 e. The van der Waals surface area contributed by atoms with Crippen LogP contribution in [0, 0.1) is 17.2 Å². The fraction of sp³-hybridized carbons (Fsp3) is 0.500. The van der Waals surface area contributed by atoms with Crippen molar-refractivity contribution in [2.24, 2.45) is 11.3 Å². The number of benzene rings is 1. The average molecular weight is 236 g/mol. The molecule has 1 aliphatic rings. The molecule has 1 atom stereocenters. The van der Waals surface area contributed by atoms with E-state index in [1.165, 1.54) is 6.07 Å². The molecule has 0 radical (unpaired) electrons. The SMILES string of the molecule is CC(C)(C(=O)O)C1CCc2cccc(F)c2C1. The number of carboxylic acids is 1. The molecule has 0 saturated heterocycles. The summed E-state index contributed by atoms with van der Waals surface area (Å²) < 4.78 is 13.7. The van der Waals surface area contributed by atoms with Crippen molar-refractivity contribution < 1.29 is 14.3 Å². The van der Waals surface area contributed by atoms with E-state index >= 15 is 0 Å². The van der Waals surface area contributed by atoms with Gasteiger partial charge in [-0.25, -0.2) is 4.39 Å². The van der Waals surface area contributed by atoms with Crippen LogP contribution in [0.15, 0.2) is 18.2 Å². The lowest BCUT2D eigenvalue weighted by Gasteiger charge is -2.34. The predicted molar refractivity (Wildman–Crippen MR) is 63.3 cm³/mol. The van der Waals surface area contributed by atoms with E-state index in [-0.39, 0.29) is 11.7 Å². The number of rotatable bonds is 2. The third-order valence-electron chi connectivity index (χ3n) is 4.00. The number of fused-ring (bicyclic) bond motifs is 1. The van der Waals surface area contributed by atoms with Crippen molar-refractivity contribution in [1.82, 2.24) is 0 Å². The quantitative estimate of drug-likeness (QED) is 0.857. The number of aryl methyl sites for hydroxylation is 1.